The van der Waals surface area contributed by atoms with Gasteiger partial charge in [0.15, 0.2) is 5.82 Å². The van der Waals surface area contributed by atoms with E-state index in [1.54, 1.807) is 0 Å². The summed E-state index contributed by atoms with van der Waals surface area (Å²) in [5.74, 6) is 0.682. The number of hydrogen-bond donors (Lipinski definition) is 0. The Bertz CT molecular complexity index is 815. The van der Waals surface area contributed by atoms with Gasteiger partial charge >= 0.3 is 0 Å². The standard InChI is InChI=1S/C16H12ClIN2/c1-9-3-5-12(10(2)7-9)16-19-14-6-4-11(18)8-13(14)15(17)20-16/h3-8H,1-2H3. The van der Waals surface area contributed by atoms with Gasteiger partial charge in [-0.3, -0.25) is 0 Å². The second kappa shape index (κ2) is 5.30. The van der Waals surface area contributed by atoms with Gasteiger partial charge in [0.25, 0.3) is 0 Å². The number of aryl methyl sites for hydroxylation is 2. The number of nitrogens with zero attached hydrogens (tertiary/aromatic N) is 2. The van der Waals surface area contributed by atoms with Crippen LogP contribution in [0.5, 0.6) is 0 Å². The van der Waals surface area contributed by atoms with Crippen LogP contribution in [0.3, 0.4) is 0 Å². The molecule has 2 aromatic carbocycles. The van der Waals surface area contributed by atoms with Crippen LogP contribution in [0, 0.1) is 17.4 Å². The normalized spacial score (nSPS) is 11.0. The van der Waals surface area contributed by atoms with E-state index in [9.17, 15) is 0 Å². The van der Waals surface area contributed by atoms with Gasteiger partial charge in [-0.05, 0) is 60.2 Å². The Morgan fingerprint density at radius 3 is 2.55 bits per heavy atom. The maximum atomic E-state index is 6.31. The molecule has 4 heteroatoms. The molecule has 2 nitrogen and oxygen atoms in total. The van der Waals surface area contributed by atoms with Gasteiger partial charge in [0.2, 0.25) is 0 Å². The average Bonchev–Trinajstić information content (AvgIpc) is 2.39. The highest BCUT2D eigenvalue weighted by Gasteiger charge is 2.10. The summed E-state index contributed by atoms with van der Waals surface area (Å²) in [7, 11) is 0. The Morgan fingerprint density at radius 2 is 1.80 bits per heavy atom. The monoisotopic (exact) mass is 394 g/mol. The number of rotatable bonds is 1. The van der Waals surface area contributed by atoms with E-state index in [1.165, 1.54) is 5.56 Å². The van der Waals surface area contributed by atoms with Crippen LogP contribution in [0.2, 0.25) is 5.15 Å². The smallest absolute Gasteiger partial charge is 0.161 e. The van der Waals surface area contributed by atoms with Gasteiger partial charge in [-0.15, -0.1) is 0 Å². The third-order valence-corrected chi connectivity index (χ3v) is 4.19. The van der Waals surface area contributed by atoms with Crippen LogP contribution >= 0.6 is 34.2 Å². The average molecular weight is 395 g/mol. The van der Waals surface area contributed by atoms with Gasteiger partial charge in [0.05, 0.1) is 5.52 Å². The topological polar surface area (TPSA) is 25.8 Å². The Morgan fingerprint density at radius 1 is 1.00 bits per heavy atom. The molecular formula is C16H12ClIN2. The fourth-order valence-corrected chi connectivity index (χ4v) is 2.97. The van der Waals surface area contributed by atoms with E-state index in [0.717, 1.165) is 25.6 Å². The zero-order chi connectivity index (χ0) is 14.3. The van der Waals surface area contributed by atoms with Crippen molar-refractivity contribution in [3.63, 3.8) is 0 Å². The Hall–Kier alpha value is -1.20. The Labute approximate surface area is 136 Å². The van der Waals surface area contributed by atoms with E-state index in [1.807, 2.05) is 18.2 Å². The summed E-state index contributed by atoms with van der Waals surface area (Å²) in [6.07, 6.45) is 0. The van der Waals surface area contributed by atoms with Crippen molar-refractivity contribution < 1.29 is 0 Å². The van der Waals surface area contributed by atoms with E-state index >= 15 is 0 Å². The van der Waals surface area contributed by atoms with Crippen molar-refractivity contribution in [2.75, 3.05) is 0 Å². The van der Waals surface area contributed by atoms with Gasteiger partial charge in [0, 0.05) is 14.5 Å². The molecule has 20 heavy (non-hydrogen) atoms. The zero-order valence-corrected chi connectivity index (χ0v) is 14.0. The highest BCUT2D eigenvalue weighted by molar-refractivity contribution is 14.1. The van der Waals surface area contributed by atoms with Crippen LogP contribution in [0.15, 0.2) is 36.4 Å². The Kier molecular flexibility index (Phi) is 3.65. The molecular weight excluding hydrogens is 383 g/mol. The lowest BCUT2D eigenvalue weighted by molar-refractivity contribution is 1.21. The van der Waals surface area contributed by atoms with Crippen LogP contribution in [-0.4, -0.2) is 9.97 Å². The number of fused-ring (bicyclic) bond motifs is 1. The summed E-state index contributed by atoms with van der Waals surface area (Å²) in [6, 6.07) is 12.3. The minimum atomic E-state index is 0.503. The summed E-state index contributed by atoms with van der Waals surface area (Å²) >= 11 is 8.57. The van der Waals surface area contributed by atoms with E-state index in [4.69, 9.17) is 11.6 Å². The van der Waals surface area contributed by atoms with Crippen molar-refractivity contribution >= 4 is 45.1 Å². The molecule has 0 bridgehead atoms. The molecule has 1 heterocycles. The lowest BCUT2D eigenvalue weighted by atomic mass is 10.1. The molecule has 0 N–H and O–H groups in total. The number of benzene rings is 2. The number of hydrogen-bond acceptors (Lipinski definition) is 2. The van der Waals surface area contributed by atoms with E-state index in [0.29, 0.717) is 11.0 Å². The molecule has 1 aromatic heterocycles. The summed E-state index contributed by atoms with van der Waals surface area (Å²) in [5, 5.41) is 1.40. The first-order chi connectivity index (χ1) is 9.54. The fourth-order valence-electron chi connectivity index (χ4n) is 2.25. The largest absolute Gasteiger partial charge is 0.228 e. The molecule has 3 rings (SSSR count). The van der Waals surface area contributed by atoms with Crippen molar-refractivity contribution in [1.29, 1.82) is 0 Å². The molecule has 0 unspecified atom stereocenters. The van der Waals surface area contributed by atoms with E-state index < -0.39 is 0 Å². The van der Waals surface area contributed by atoms with Crippen LogP contribution in [0.25, 0.3) is 22.3 Å². The van der Waals surface area contributed by atoms with Crippen molar-refractivity contribution in [2.45, 2.75) is 13.8 Å². The molecule has 0 radical (unpaired) electrons. The minimum absolute atomic E-state index is 0.503. The zero-order valence-electron chi connectivity index (χ0n) is 11.1. The van der Waals surface area contributed by atoms with E-state index in [2.05, 4.69) is 64.6 Å². The van der Waals surface area contributed by atoms with E-state index in [-0.39, 0.29) is 0 Å². The van der Waals surface area contributed by atoms with Crippen molar-refractivity contribution in [2.24, 2.45) is 0 Å². The van der Waals surface area contributed by atoms with Gasteiger partial charge in [-0.2, -0.15) is 0 Å². The van der Waals surface area contributed by atoms with Gasteiger partial charge in [-0.1, -0.05) is 35.4 Å². The molecule has 0 amide bonds. The highest BCUT2D eigenvalue weighted by Crippen LogP contribution is 2.28. The Balaban J connectivity index is 2.24. The molecule has 0 aliphatic rings. The molecule has 0 saturated heterocycles. The third kappa shape index (κ3) is 2.52. The van der Waals surface area contributed by atoms with Crippen LogP contribution < -0.4 is 0 Å². The lowest BCUT2D eigenvalue weighted by Crippen LogP contribution is -1.94. The van der Waals surface area contributed by atoms with Gasteiger partial charge < -0.3 is 0 Å². The fraction of sp³-hybridized carbons (Fsp3) is 0.125. The first kappa shape index (κ1) is 13.8. The second-order valence-corrected chi connectivity index (χ2v) is 6.42. The van der Waals surface area contributed by atoms with Gasteiger partial charge in [-0.25, -0.2) is 9.97 Å². The second-order valence-electron chi connectivity index (χ2n) is 4.82. The first-order valence-corrected chi connectivity index (χ1v) is 7.71. The maximum Gasteiger partial charge on any atom is 0.161 e. The lowest BCUT2D eigenvalue weighted by Gasteiger charge is -2.08. The summed E-state index contributed by atoms with van der Waals surface area (Å²) in [6.45, 7) is 4.14. The highest BCUT2D eigenvalue weighted by atomic mass is 127. The molecule has 100 valence electrons. The molecule has 0 aliphatic heterocycles. The van der Waals surface area contributed by atoms with Gasteiger partial charge in [0.1, 0.15) is 5.15 Å². The number of aromatic nitrogens is 2. The summed E-state index contributed by atoms with van der Waals surface area (Å²) in [4.78, 5) is 9.09. The predicted molar refractivity (Wildman–Crippen MR) is 92.2 cm³/mol. The molecule has 0 atom stereocenters. The maximum absolute atomic E-state index is 6.31. The molecule has 0 saturated carbocycles. The minimum Gasteiger partial charge on any atom is -0.228 e. The molecule has 0 aliphatic carbocycles. The van der Waals surface area contributed by atoms with Crippen LogP contribution in [0.1, 0.15) is 11.1 Å². The first-order valence-electron chi connectivity index (χ1n) is 6.25. The summed E-state index contributed by atoms with van der Waals surface area (Å²) < 4.78 is 1.12. The molecule has 0 spiro atoms. The summed E-state index contributed by atoms with van der Waals surface area (Å²) in [5.41, 5.74) is 4.29. The van der Waals surface area contributed by atoms with Crippen molar-refractivity contribution in [3.8, 4) is 11.4 Å². The van der Waals surface area contributed by atoms with Crippen LogP contribution in [-0.2, 0) is 0 Å². The predicted octanol–water partition coefficient (Wildman–Crippen LogP) is 5.17. The third-order valence-electron chi connectivity index (χ3n) is 3.23. The van der Waals surface area contributed by atoms with Crippen molar-refractivity contribution in [1.82, 2.24) is 9.97 Å². The molecule has 0 fully saturated rings. The van der Waals surface area contributed by atoms with Crippen molar-refractivity contribution in [3.05, 3.63) is 56.2 Å². The SMILES string of the molecule is Cc1ccc(-c2nc(Cl)c3cc(I)ccc3n2)c(C)c1. The molecule has 3 aromatic rings. The van der Waals surface area contributed by atoms with Crippen LogP contribution in [0.4, 0.5) is 0 Å². The number of halogens is 2. The quantitative estimate of drug-likeness (QED) is 0.420.